The largest absolute Gasteiger partial charge is 0.384 e. The molecule has 2 aromatic rings. The Hall–Kier alpha value is -1.77. The van der Waals surface area contributed by atoms with Gasteiger partial charge in [0.15, 0.2) is 0 Å². The molecule has 1 heterocycles. The summed E-state index contributed by atoms with van der Waals surface area (Å²) < 4.78 is 2.15. The lowest BCUT2D eigenvalue weighted by molar-refractivity contribution is 0.406. The number of rotatable bonds is 3. The van der Waals surface area contributed by atoms with Gasteiger partial charge in [-0.1, -0.05) is 43.7 Å². The second-order valence-corrected chi connectivity index (χ2v) is 5.89. The van der Waals surface area contributed by atoms with Gasteiger partial charge in [0.2, 0.25) is 0 Å². The number of hydrogen-bond acceptors (Lipinski definition) is 2. The predicted octanol–water partition coefficient (Wildman–Crippen LogP) is 3.84. The van der Waals surface area contributed by atoms with Crippen LogP contribution in [0.3, 0.4) is 0 Å². The van der Waals surface area contributed by atoms with Crippen molar-refractivity contribution in [1.29, 1.82) is 0 Å². The van der Waals surface area contributed by atoms with Gasteiger partial charge in [-0.15, -0.1) is 0 Å². The van der Waals surface area contributed by atoms with Gasteiger partial charge < -0.3 is 10.3 Å². The van der Waals surface area contributed by atoms with Crippen molar-refractivity contribution in [2.75, 3.05) is 5.73 Å². The predicted molar refractivity (Wildman–Crippen MR) is 81.1 cm³/mol. The Morgan fingerprint density at radius 2 is 1.79 bits per heavy atom. The molecule has 0 saturated heterocycles. The minimum atomic E-state index is -0.0751. The Bertz CT molecular complexity index is 547. The van der Waals surface area contributed by atoms with Crippen molar-refractivity contribution in [3.63, 3.8) is 0 Å². The number of nitrogens with zero attached hydrogens (tertiary/aromatic N) is 2. The van der Waals surface area contributed by atoms with Gasteiger partial charge in [0.05, 0.1) is 5.69 Å². The number of aromatic nitrogens is 2. The highest BCUT2D eigenvalue weighted by atomic mass is 15.2. The fourth-order valence-electron chi connectivity index (χ4n) is 2.36. The Labute approximate surface area is 115 Å². The summed E-state index contributed by atoms with van der Waals surface area (Å²) in [6, 6.07) is 10.3. The van der Waals surface area contributed by atoms with Crippen molar-refractivity contribution < 1.29 is 0 Å². The van der Waals surface area contributed by atoms with Crippen LogP contribution in [0.15, 0.2) is 30.3 Å². The van der Waals surface area contributed by atoms with Gasteiger partial charge in [-0.05, 0) is 27.2 Å². The maximum absolute atomic E-state index is 6.31. The van der Waals surface area contributed by atoms with Crippen molar-refractivity contribution in [2.45, 2.75) is 46.1 Å². The van der Waals surface area contributed by atoms with E-state index in [1.54, 1.807) is 0 Å². The highest BCUT2D eigenvalue weighted by molar-refractivity contribution is 5.61. The van der Waals surface area contributed by atoms with Crippen molar-refractivity contribution in [3.05, 3.63) is 36.0 Å². The standard InChI is InChI=1S/C16H23N3/c1-5-9-13-14(17)19(16(2,3)4)15(18-13)12-10-7-6-8-11-12/h6-8,10-11H,5,9,17H2,1-4H3. The maximum atomic E-state index is 6.31. The van der Waals surface area contributed by atoms with Crippen molar-refractivity contribution in [2.24, 2.45) is 0 Å². The summed E-state index contributed by atoms with van der Waals surface area (Å²) in [5, 5.41) is 0. The normalized spacial score (nSPS) is 11.8. The van der Waals surface area contributed by atoms with Crippen molar-refractivity contribution in [1.82, 2.24) is 9.55 Å². The lowest BCUT2D eigenvalue weighted by Gasteiger charge is -2.25. The van der Waals surface area contributed by atoms with Crippen LogP contribution in [0.2, 0.25) is 0 Å². The Kier molecular flexibility index (Phi) is 3.65. The van der Waals surface area contributed by atoms with E-state index in [1.807, 2.05) is 18.2 Å². The third-order valence-electron chi connectivity index (χ3n) is 3.18. The van der Waals surface area contributed by atoms with E-state index in [0.29, 0.717) is 0 Å². The number of aryl methyl sites for hydroxylation is 1. The molecule has 0 bridgehead atoms. The van der Waals surface area contributed by atoms with E-state index >= 15 is 0 Å². The molecule has 0 unspecified atom stereocenters. The molecular formula is C16H23N3. The molecule has 3 heteroatoms. The van der Waals surface area contributed by atoms with E-state index in [2.05, 4.69) is 44.4 Å². The van der Waals surface area contributed by atoms with Crippen LogP contribution >= 0.6 is 0 Å². The summed E-state index contributed by atoms with van der Waals surface area (Å²) in [6.07, 6.45) is 1.98. The van der Waals surface area contributed by atoms with E-state index in [-0.39, 0.29) is 5.54 Å². The van der Waals surface area contributed by atoms with Gasteiger partial charge in [0.25, 0.3) is 0 Å². The molecule has 1 aromatic carbocycles. The maximum Gasteiger partial charge on any atom is 0.142 e. The van der Waals surface area contributed by atoms with Crippen LogP contribution in [0.5, 0.6) is 0 Å². The summed E-state index contributed by atoms with van der Waals surface area (Å²) >= 11 is 0. The first-order valence-electron chi connectivity index (χ1n) is 6.88. The number of anilines is 1. The van der Waals surface area contributed by atoms with Crippen LogP contribution < -0.4 is 5.73 Å². The monoisotopic (exact) mass is 257 g/mol. The molecule has 0 aliphatic rings. The summed E-state index contributed by atoms with van der Waals surface area (Å²) in [7, 11) is 0. The van der Waals surface area contributed by atoms with Crippen LogP contribution in [0.1, 0.15) is 39.8 Å². The molecule has 2 rings (SSSR count). The second-order valence-electron chi connectivity index (χ2n) is 5.89. The molecule has 2 N–H and O–H groups in total. The molecule has 3 nitrogen and oxygen atoms in total. The molecule has 0 amide bonds. The van der Waals surface area contributed by atoms with Gasteiger partial charge in [0, 0.05) is 11.1 Å². The smallest absolute Gasteiger partial charge is 0.142 e. The molecular weight excluding hydrogens is 234 g/mol. The molecule has 0 spiro atoms. The Morgan fingerprint density at radius 1 is 1.16 bits per heavy atom. The van der Waals surface area contributed by atoms with Gasteiger partial charge >= 0.3 is 0 Å². The number of nitrogen functional groups attached to an aromatic ring is 1. The third-order valence-corrected chi connectivity index (χ3v) is 3.18. The first kappa shape index (κ1) is 13.7. The molecule has 0 radical (unpaired) electrons. The van der Waals surface area contributed by atoms with Crippen LogP contribution in [0.4, 0.5) is 5.82 Å². The van der Waals surface area contributed by atoms with Gasteiger partial charge in [-0.25, -0.2) is 4.98 Å². The third kappa shape index (κ3) is 2.65. The fraction of sp³-hybridized carbons (Fsp3) is 0.438. The highest BCUT2D eigenvalue weighted by Crippen LogP contribution is 2.31. The summed E-state index contributed by atoms with van der Waals surface area (Å²) in [5.74, 6) is 1.77. The second kappa shape index (κ2) is 5.08. The molecule has 1 aromatic heterocycles. The van der Waals surface area contributed by atoms with Gasteiger partial charge in [0.1, 0.15) is 11.6 Å². The van der Waals surface area contributed by atoms with Crippen LogP contribution in [-0.2, 0) is 12.0 Å². The lowest BCUT2D eigenvalue weighted by atomic mass is 10.1. The van der Waals surface area contributed by atoms with E-state index in [9.17, 15) is 0 Å². The Balaban J connectivity index is 2.63. The lowest BCUT2D eigenvalue weighted by Crippen LogP contribution is -2.24. The van der Waals surface area contributed by atoms with Crippen molar-refractivity contribution >= 4 is 5.82 Å². The van der Waals surface area contributed by atoms with Crippen molar-refractivity contribution in [3.8, 4) is 11.4 Å². The van der Waals surface area contributed by atoms with Gasteiger partial charge in [-0.2, -0.15) is 0 Å². The van der Waals surface area contributed by atoms with E-state index in [4.69, 9.17) is 10.7 Å². The molecule has 102 valence electrons. The molecule has 0 saturated carbocycles. The van der Waals surface area contributed by atoms with E-state index < -0.39 is 0 Å². The zero-order chi connectivity index (χ0) is 14.0. The van der Waals surface area contributed by atoms with E-state index in [1.165, 1.54) is 0 Å². The Morgan fingerprint density at radius 3 is 2.32 bits per heavy atom. The van der Waals surface area contributed by atoms with Crippen LogP contribution in [0, 0.1) is 0 Å². The summed E-state index contributed by atoms with van der Waals surface area (Å²) in [4.78, 5) is 4.77. The number of imidazole rings is 1. The average Bonchev–Trinajstić information content (AvgIpc) is 2.68. The molecule has 0 fully saturated rings. The zero-order valence-corrected chi connectivity index (χ0v) is 12.3. The van der Waals surface area contributed by atoms with E-state index in [0.717, 1.165) is 35.7 Å². The zero-order valence-electron chi connectivity index (χ0n) is 12.3. The summed E-state index contributed by atoms with van der Waals surface area (Å²) in [6.45, 7) is 8.63. The summed E-state index contributed by atoms with van der Waals surface area (Å²) in [5.41, 5.74) is 8.37. The minimum absolute atomic E-state index is 0.0751. The molecule has 0 atom stereocenters. The van der Waals surface area contributed by atoms with Gasteiger partial charge in [-0.3, -0.25) is 0 Å². The fourth-order valence-corrected chi connectivity index (χ4v) is 2.36. The number of benzene rings is 1. The van der Waals surface area contributed by atoms with Crippen LogP contribution in [0.25, 0.3) is 11.4 Å². The molecule has 0 aliphatic carbocycles. The minimum Gasteiger partial charge on any atom is -0.384 e. The van der Waals surface area contributed by atoms with Crippen LogP contribution in [-0.4, -0.2) is 9.55 Å². The SMILES string of the molecule is CCCc1nc(-c2ccccc2)n(C(C)(C)C)c1N. The first-order chi connectivity index (χ1) is 8.95. The quantitative estimate of drug-likeness (QED) is 0.908. The molecule has 19 heavy (non-hydrogen) atoms. The topological polar surface area (TPSA) is 43.8 Å². The highest BCUT2D eigenvalue weighted by Gasteiger charge is 2.24. The average molecular weight is 257 g/mol. The molecule has 0 aliphatic heterocycles. The number of nitrogens with two attached hydrogens (primary N) is 1. The first-order valence-corrected chi connectivity index (χ1v) is 6.88. The number of hydrogen-bond donors (Lipinski definition) is 1.